The molecule has 0 unspecified atom stereocenters. The summed E-state index contributed by atoms with van der Waals surface area (Å²) in [5.41, 5.74) is 1.20. The number of benzene rings is 1. The topological polar surface area (TPSA) is 64.1 Å². The number of aromatic nitrogens is 2. The molecule has 19 heavy (non-hydrogen) atoms. The molecule has 2 rings (SSSR count). The van der Waals surface area contributed by atoms with Gasteiger partial charge in [0.25, 0.3) is 0 Å². The first kappa shape index (κ1) is 13.5. The molecule has 1 amide bonds. The third-order valence-corrected chi connectivity index (χ3v) is 3.70. The maximum absolute atomic E-state index is 11.1. The SMILES string of the molecule is CC[C@H](c1ccccc1)c1nnc(NC(=O)OC)s1. The van der Waals surface area contributed by atoms with E-state index >= 15 is 0 Å². The lowest BCUT2D eigenvalue weighted by molar-refractivity contribution is 0.187. The van der Waals surface area contributed by atoms with E-state index in [4.69, 9.17) is 0 Å². The number of rotatable bonds is 4. The van der Waals surface area contributed by atoms with Crippen LogP contribution >= 0.6 is 11.3 Å². The molecular weight excluding hydrogens is 262 g/mol. The average molecular weight is 277 g/mol. The van der Waals surface area contributed by atoms with Crippen LogP contribution in [0, 0.1) is 0 Å². The van der Waals surface area contributed by atoms with Crippen LogP contribution in [0.15, 0.2) is 30.3 Å². The van der Waals surface area contributed by atoms with Gasteiger partial charge in [0.15, 0.2) is 0 Å². The van der Waals surface area contributed by atoms with Crippen LogP contribution in [-0.4, -0.2) is 23.4 Å². The molecule has 0 aliphatic carbocycles. The minimum atomic E-state index is -0.532. The van der Waals surface area contributed by atoms with E-state index in [0.29, 0.717) is 5.13 Å². The first-order valence-corrected chi connectivity index (χ1v) is 6.79. The molecule has 0 aliphatic rings. The first-order valence-electron chi connectivity index (χ1n) is 5.98. The van der Waals surface area contributed by atoms with Gasteiger partial charge in [0, 0.05) is 5.92 Å². The predicted molar refractivity (Wildman–Crippen MR) is 74.5 cm³/mol. The Balaban J connectivity index is 2.18. The number of amides is 1. The zero-order valence-corrected chi connectivity index (χ0v) is 11.6. The second-order valence-electron chi connectivity index (χ2n) is 3.93. The lowest BCUT2D eigenvalue weighted by Crippen LogP contribution is -2.10. The van der Waals surface area contributed by atoms with Crippen molar-refractivity contribution in [3.05, 3.63) is 40.9 Å². The fourth-order valence-electron chi connectivity index (χ4n) is 1.80. The first-order chi connectivity index (χ1) is 9.24. The van der Waals surface area contributed by atoms with Crippen LogP contribution in [-0.2, 0) is 4.74 Å². The largest absolute Gasteiger partial charge is 0.453 e. The Morgan fingerprint density at radius 3 is 2.74 bits per heavy atom. The van der Waals surface area contributed by atoms with Crippen molar-refractivity contribution in [3.8, 4) is 0 Å². The average Bonchev–Trinajstić information content (AvgIpc) is 2.89. The molecule has 6 heteroatoms. The molecule has 0 fully saturated rings. The van der Waals surface area contributed by atoms with Crippen molar-refractivity contribution < 1.29 is 9.53 Å². The van der Waals surface area contributed by atoms with E-state index in [1.165, 1.54) is 24.0 Å². The smallest absolute Gasteiger partial charge is 0.413 e. The van der Waals surface area contributed by atoms with E-state index < -0.39 is 6.09 Å². The van der Waals surface area contributed by atoms with Crippen molar-refractivity contribution in [3.63, 3.8) is 0 Å². The molecule has 100 valence electrons. The number of methoxy groups -OCH3 is 1. The summed E-state index contributed by atoms with van der Waals surface area (Å²) >= 11 is 1.37. The van der Waals surface area contributed by atoms with Gasteiger partial charge < -0.3 is 4.74 Å². The van der Waals surface area contributed by atoms with Gasteiger partial charge in [-0.1, -0.05) is 48.6 Å². The van der Waals surface area contributed by atoms with E-state index in [9.17, 15) is 4.79 Å². The van der Waals surface area contributed by atoms with Crippen molar-refractivity contribution in [2.24, 2.45) is 0 Å². The van der Waals surface area contributed by atoms with Crippen LogP contribution < -0.4 is 5.32 Å². The summed E-state index contributed by atoms with van der Waals surface area (Å²) in [5, 5.41) is 12.0. The zero-order valence-electron chi connectivity index (χ0n) is 10.8. The van der Waals surface area contributed by atoms with E-state index in [-0.39, 0.29) is 5.92 Å². The highest BCUT2D eigenvalue weighted by atomic mass is 32.1. The molecule has 1 atom stereocenters. The van der Waals surface area contributed by atoms with Gasteiger partial charge in [0.2, 0.25) is 5.13 Å². The van der Waals surface area contributed by atoms with E-state index in [1.807, 2.05) is 18.2 Å². The molecule has 0 aliphatic heterocycles. The second-order valence-corrected chi connectivity index (χ2v) is 4.94. The number of hydrogen-bond acceptors (Lipinski definition) is 5. The normalized spacial score (nSPS) is 11.9. The van der Waals surface area contributed by atoms with Crippen LogP contribution in [0.2, 0.25) is 0 Å². The summed E-state index contributed by atoms with van der Waals surface area (Å²) in [7, 11) is 1.32. The number of carbonyl (C=O) groups is 1. The maximum atomic E-state index is 11.1. The monoisotopic (exact) mass is 277 g/mol. The highest BCUT2D eigenvalue weighted by Gasteiger charge is 2.17. The Morgan fingerprint density at radius 2 is 2.11 bits per heavy atom. The minimum Gasteiger partial charge on any atom is -0.453 e. The number of anilines is 1. The number of ether oxygens (including phenoxy) is 1. The molecule has 0 saturated carbocycles. The molecule has 0 spiro atoms. The fraction of sp³-hybridized carbons (Fsp3) is 0.308. The molecular formula is C13H15N3O2S. The standard InChI is InChI=1S/C13H15N3O2S/c1-3-10(9-7-5-4-6-8-9)11-15-16-12(19-11)14-13(17)18-2/h4-8,10H,3H2,1-2H3,(H,14,16,17)/t10-/m1/s1. The third-order valence-electron chi connectivity index (χ3n) is 2.74. The molecule has 1 aromatic heterocycles. The molecule has 1 heterocycles. The molecule has 0 radical (unpaired) electrons. The number of carbonyl (C=O) groups excluding carboxylic acids is 1. The summed E-state index contributed by atoms with van der Waals surface area (Å²) in [6.07, 6.45) is 0.395. The van der Waals surface area contributed by atoms with Gasteiger partial charge in [0.1, 0.15) is 5.01 Å². The van der Waals surface area contributed by atoms with Gasteiger partial charge in [-0.2, -0.15) is 0 Å². The summed E-state index contributed by atoms with van der Waals surface area (Å²) in [5.74, 6) is 0.201. The molecule has 5 nitrogen and oxygen atoms in total. The Kier molecular flexibility index (Phi) is 4.46. The van der Waals surface area contributed by atoms with E-state index in [1.54, 1.807) is 0 Å². The van der Waals surface area contributed by atoms with Crippen LogP contribution in [0.25, 0.3) is 0 Å². The second kappa shape index (κ2) is 6.29. The van der Waals surface area contributed by atoms with Crippen LogP contribution in [0.1, 0.15) is 29.8 Å². The van der Waals surface area contributed by atoms with Crippen molar-refractivity contribution in [1.82, 2.24) is 10.2 Å². The number of nitrogens with one attached hydrogen (secondary N) is 1. The fourth-order valence-corrected chi connectivity index (χ4v) is 2.74. The van der Waals surface area contributed by atoms with Gasteiger partial charge in [0.05, 0.1) is 7.11 Å². The van der Waals surface area contributed by atoms with Crippen molar-refractivity contribution in [2.75, 3.05) is 12.4 Å². The van der Waals surface area contributed by atoms with E-state index in [2.05, 4.69) is 39.3 Å². The Labute approximate surface area is 115 Å². The van der Waals surface area contributed by atoms with Gasteiger partial charge >= 0.3 is 6.09 Å². The number of hydrogen-bond donors (Lipinski definition) is 1. The van der Waals surface area contributed by atoms with Gasteiger partial charge in [-0.25, -0.2) is 4.79 Å². The molecule has 2 aromatic rings. The van der Waals surface area contributed by atoms with Crippen molar-refractivity contribution in [2.45, 2.75) is 19.3 Å². The maximum Gasteiger partial charge on any atom is 0.413 e. The molecule has 1 aromatic carbocycles. The van der Waals surface area contributed by atoms with Crippen molar-refractivity contribution >= 4 is 22.6 Å². The summed E-state index contributed by atoms with van der Waals surface area (Å²) in [6, 6.07) is 10.1. The Morgan fingerprint density at radius 1 is 1.37 bits per heavy atom. The van der Waals surface area contributed by atoms with Crippen LogP contribution in [0.5, 0.6) is 0 Å². The lowest BCUT2D eigenvalue weighted by Gasteiger charge is -2.10. The number of nitrogens with zero attached hydrogens (tertiary/aromatic N) is 2. The highest BCUT2D eigenvalue weighted by molar-refractivity contribution is 7.15. The Bertz CT molecular complexity index is 542. The predicted octanol–water partition coefficient (Wildman–Crippen LogP) is 3.26. The van der Waals surface area contributed by atoms with Crippen LogP contribution in [0.3, 0.4) is 0 Å². The summed E-state index contributed by atoms with van der Waals surface area (Å²) in [4.78, 5) is 11.1. The van der Waals surface area contributed by atoms with Crippen LogP contribution in [0.4, 0.5) is 9.93 Å². The van der Waals surface area contributed by atoms with Gasteiger partial charge in [-0.05, 0) is 12.0 Å². The molecule has 1 N–H and O–H groups in total. The summed E-state index contributed by atoms with van der Waals surface area (Å²) in [6.45, 7) is 2.10. The Hall–Kier alpha value is -1.95. The summed E-state index contributed by atoms with van der Waals surface area (Å²) < 4.78 is 4.52. The molecule has 0 saturated heterocycles. The molecule has 0 bridgehead atoms. The van der Waals surface area contributed by atoms with Crippen molar-refractivity contribution in [1.29, 1.82) is 0 Å². The quantitative estimate of drug-likeness (QED) is 0.931. The highest BCUT2D eigenvalue weighted by Crippen LogP contribution is 2.31. The third kappa shape index (κ3) is 3.29. The van der Waals surface area contributed by atoms with E-state index in [0.717, 1.165) is 11.4 Å². The minimum absolute atomic E-state index is 0.201. The lowest BCUT2D eigenvalue weighted by atomic mass is 9.97. The van der Waals surface area contributed by atoms with Gasteiger partial charge in [-0.3, -0.25) is 5.32 Å². The van der Waals surface area contributed by atoms with Gasteiger partial charge in [-0.15, -0.1) is 10.2 Å². The zero-order chi connectivity index (χ0) is 13.7.